The molecule has 8 heteroatoms. The first-order valence-electron chi connectivity index (χ1n) is 9.18. The van der Waals surface area contributed by atoms with Gasteiger partial charge in [-0.2, -0.15) is 0 Å². The van der Waals surface area contributed by atoms with Crippen molar-refractivity contribution in [2.45, 2.75) is 18.9 Å². The van der Waals surface area contributed by atoms with Gasteiger partial charge in [-0.25, -0.2) is 4.79 Å². The third kappa shape index (κ3) is 4.97. The van der Waals surface area contributed by atoms with Crippen LogP contribution in [0.15, 0.2) is 24.3 Å². The number of nitrogens with zero attached hydrogens (tertiary/aromatic N) is 2. The first-order valence-corrected chi connectivity index (χ1v) is 9.18. The summed E-state index contributed by atoms with van der Waals surface area (Å²) in [7, 11) is 1.35. The van der Waals surface area contributed by atoms with Crippen molar-refractivity contribution in [2.24, 2.45) is 0 Å². The molecular weight excluding hydrogens is 350 g/mol. The fraction of sp³-hybridized carbons (Fsp3) is 0.526. The summed E-state index contributed by atoms with van der Waals surface area (Å²) in [6.07, 6.45) is 1.04. The van der Waals surface area contributed by atoms with Gasteiger partial charge in [-0.1, -0.05) is 0 Å². The Morgan fingerprint density at radius 2 is 1.85 bits per heavy atom. The van der Waals surface area contributed by atoms with Crippen molar-refractivity contribution in [3.05, 3.63) is 29.8 Å². The number of esters is 1. The van der Waals surface area contributed by atoms with Crippen LogP contribution in [-0.4, -0.2) is 80.1 Å². The van der Waals surface area contributed by atoms with E-state index in [2.05, 4.69) is 15.0 Å². The molecule has 2 aliphatic heterocycles. The lowest BCUT2D eigenvalue weighted by Gasteiger charge is -2.35. The molecule has 1 aromatic carbocycles. The Balaban J connectivity index is 1.36. The number of nitrogens with one attached hydrogen (secondary N) is 1. The smallest absolute Gasteiger partial charge is 0.337 e. The number of piperazine rings is 1. The molecule has 2 amide bonds. The van der Waals surface area contributed by atoms with Crippen molar-refractivity contribution in [3.8, 4) is 5.75 Å². The SMILES string of the molecule is COC(=O)c1ccc(OCCN2CCN(C(=O)C3CCC(=O)N3)CC2)cc1. The molecule has 0 radical (unpaired) electrons. The first-order chi connectivity index (χ1) is 13.1. The van der Waals surface area contributed by atoms with E-state index in [-0.39, 0.29) is 23.8 Å². The molecule has 0 saturated carbocycles. The molecule has 146 valence electrons. The Bertz CT molecular complexity index is 683. The molecule has 0 aromatic heterocycles. The fourth-order valence-corrected chi connectivity index (χ4v) is 3.31. The Hall–Kier alpha value is -2.61. The summed E-state index contributed by atoms with van der Waals surface area (Å²) in [5.41, 5.74) is 0.490. The van der Waals surface area contributed by atoms with Crippen LogP contribution in [-0.2, 0) is 14.3 Å². The highest BCUT2D eigenvalue weighted by molar-refractivity contribution is 5.91. The maximum Gasteiger partial charge on any atom is 0.337 e. The van der Waals surface area contributed by atoms with Crippen LogP contribution in [0, 0.1) is 0 Å². The molecule has 2 heterocycles. The van der Waals surface area contributed by atoms with Crippen LogP contribution < -0.4 is 10.1 Å². The van der Waals surface area contributed by atoms with Crippen LogP contribution >= 0.6 is 0 Å². The molecule has 0 spiro atoms. The number of rotatable bonds is 6. The van der Waals surface area contributed by atoms with E-state index in [1.54, 1.807) is 24.3 Å². The number of hydrogen-bond acceptors (Lipinski definition) is 6. The van der Waals surface area contributed by atoms with E-state index in [4.69, 9.17) is 4.74 Å². The van der Waals surface area contributed by atoms with Crippen LogP contribution in [0.5, 0.6) is 5.75 Å². The molecule has 8 nitrogen and oxygen atoms in total. The Morgan fingerprint density at radius 1 is 1.15 bits per heavy atom. The molecule has 1 N–H and O–H groups in total. The van der Waals surface area contributed by atoms with E-state index in [0.717, 1.165) is 19.6 Å². The predicted octanol–water partition coefficient (Wildman–Crippen LogP) is 0.275. The van der Waals surface area contributed by atoms with Crippen molar-refractivity contribution in [3.63, 3.8) is 0 Å². The normalized spacial score (nSPS) is 20.3. The highest BCUT2D eigenvalue weighted by Crippen LogP contribution is 2.14. The Morgan fingerprint density at radius 3 is 2.44 bits per heavy atom. The number of carbonyl (C=O) groups excluding carboxylic acids is 3. The second-order valence-corrected chi connectivity index (χ2v) is 6.69. The van der Waals surface area contributed by atoms with Gasteiger partial charge in [0.25, 0.3) is 0 Å². The topological polar surface area (TPSA) is 88.2 Å². The van der Waals surface area contributed by atoms with Crippen LogP contribution in [0.4, 0.5) is 0 Å². The van der Waals surface area contributed by atoms with Gasteiger partial charge in [0.2, 0.25) is 11.8 Å². The minimum Gasteiger partial charge on any atom is -0.492 e. The highest BCUT2D eigenvalue weighted by Gasteiger charge is 2.32. The van der Waals surface area contributed by atoms with Gasteiger partial charge >= 0.3 is 5.97 Å². The zero-order valence-electron chi connectivity index (χ0n) is 15.5. The summed E-state index contributed by atoms with van der Waals surface area (Å²) in [5.74, 6) is 0.325. The highest BCUT2D eigenvalue weighted by atomic mass is 16.5. The van der Waals surface area contributed by atoms with Crippen molar-refractivity contribution >= 4 is 17.8 Å². The van der Waals surface area contributed by atoms with Crippen molar-refractivity contribution in [2.75, 3.05) is 46.4 Å². The van der Waals surface area contributed by atoms with Crippen LogP contribution in [0.2, 0.25) is 0 Å². The molecule has 27 heavy (non-hydrogen) atoms. The molecule has 2 aliphatic rings. The summed E-state index contributed by atoms with van der Waals surface area (Å²) in [6, 6.07) is 6.50. The maximum absolute atomic E-state index is 12.4. The van der Waals surface area contributed by atoms with Gasteiger partial charge in [-0.15, -0.1) is 0 Å². The number of ether oxygens (including phenoxy) is 2. The lowest BCUT2D eigenvalue weighted by atomic mass is 10.2. The number of carbonyl (C=O) groups is 3. The summed E-state index contributed by atoms with van der Waals surface area (Å²) >= 11 is 0. The zero-order valence-corrected chi connectivity index (χ0v) is 15.5. The van der Waals surface area contributed by atoms with Gasteiger partial charge in [0.1, 0.15) is 18.4 Å². The average Bonchev–Trinajstić information content (AvgIpc) is 3.14. The van der Waals surface area contributed by atoms with E-state index >= 15 is 0 Å². The van der Waals surface area contributed by atoms with Crippen molar-refractivity contribution < 1.29 is 23.9 Å². The van der Waals surface area contributed by atoms with Gasteiger partial charge in [0.05, 0.1) is 12.7 Å². The molecule has 2 fully saturated rings. The third-order valence-electron chi connectivity index (χ3n) is 4.93. The summed E-state index contributed by atoms with van der Waals surface area (Å²) < 4.78 is 10.4. The quantitative estimate of drug-likeness (QED) is 0.719. The van der Waals surface area contributed by atoms with Gasteiger partial charge in [-0.3, -0.25) is 14.5 Å². The third-order valence-corrected chi connectivity index (χ3v) is 4.93. The Labute approximate surface area is 158 Å². The second kappa shape index (κ2) is 8.85. The standard InChI is InChI=1S/C19H25N3O5/c1-26-19(25)14-2-4-15(5-3-14)27-13-12-21-8-10-22(11-9-21)18(24)16-6-7-17(23)20-16/h2-5,16H,6-13H2,1H3,(H,20,23). The number of amides is 2. The van der Waals surface area contributed by atoms with Crippen LogP contribution in [0.1, 0.15) is 23.2 Å². The monoisotopic (exact) mass is 375 g/mol. The number of methoxy groups -OCH3 is 1. The predicted molar refractivity (Wildman–Crippen MR) is 97.5 cm³/mol. The van der Waals surface area contributed by atoms with Crippen LogP contribution in [0.25, 0.3) is 0 Å². The molecule has 1 unspecified atom stereocenters. The van der Waals surface area contributed by atoms with E-state index in [0.29, 0.717) is 43.9 Å². The Kier molecular flexibility index (Phi) is 6.28. The molecule has 1 atom stereocenters. The van der Waals surface area contributed by atoms with Crippen LogP contribution in [0.3, 0.4) is 0 Å². The number of hydrogen-bond donors (Lipinski definition) is 1. The van der Waals surface area contributed by atoms with Crippen molar-refractivity contribution in [1.82, 2.24) is 15.1 Å². The van der Waals surface area contributed by atoms with E-state index in [1.165, 1.54) is 7.11 Å². The van der Waals surface area contributed by atoms with Gasteiger partial charge in [-0.05, 0) is 30.7 Å². The average molecular weight is 375 g/mol. The van der Waals surface area contributed by atoms with E-state index in [1.807, 2.05) is 4.90 Å². The van der Waals surface area contributed by atoms with Gasteiger partial charge in [0, 0.05) is 39.1 Å². The summed E-state index contributed by atoms with van der Waals surface area (Å²) in [4.78, 5) is 39.1. The molecule has 3 rings (SSSR count). The minimum absolute atomic E-state index is 0.0300. The lowest BCUT2D eigenvalue weighted by molar-refractivity contribution is -0.136. The molecule has 1 aromatic rings. The molecule has 0 bridgehead atoms. The largest absolute Gasteiger partial charge is 0.492 e. The zero-order chi connectivity index (χ0) is 19.2. The molecule has 0 aliphatic carbocycles. The maximum atomic E-state index is 12.4. The second-order valence-electron chi connectivity index (χ2n) is 6.69. The van der Waals surface area contributed by atoms with Crippen molar-refractivity contribution in [1.29, 1.82) is 0 Å². The fourth-order valence-electron chi connectivity index (χ4n) is 3.31. The first kappa shape index (κ1) is 19.2. The van der Waals surface area contributed by atoms with E-state index in [9.17, 15) is 14.4 Å². The molecule has 2 saturated heterocycles. The van der Waals surface area contributed by atoms with Gasteiger partial charge in [0.15, 0.2) is 0 Å². The molecular formula is C19H25N3O5. The minimum atomic E-state index is -0.369. The summed E-state index contributed by atoms with van der Waals surface area (Å²) in [5, 5.41) is 2.74. The number of benzene rings is 1. The summed E-state index contributed by atoms with van der Waals surface area (Å²) in [6.45, 7) is 4.21. The van der Waals surface area contributed by atoms with Gasteiger partial charge < -0.3 is 19.7 Å². The lowest BCUT2D eigenvalue weighted by Crippen LogP contribution is -2.53. The van der Waals surface area contributed by atoms with E-state index < -0.39 is 0 Å².